The van der Waals surface area contributed by atoms with Gasteiger partial charge in [-0.1, -0.05) is 0 Å². The van der Waals surface area contributed by atoms with E-state index >= 15 is 0 Å². The van der Waals surface area contributed by atoms with Gasteiger partial charge in [0.25, 0.3) is 0 Å². The molecular formula is C24H38Cl2Si2Ti. The van der Waals surface area contributed by atoms with E-state index < -0.39 is 16.1 Å². The molecule has 0 unspecified atom stereocenters. The molecule has 0 nitrogen and oxygen atoms in total. The number of hydrogen-bond donors (Lipinski definition) is 0. The Labute approximate surface area is 202 Å². The molecule has 29 heavy (non-hydrogen) atoms. The maximum atomic E-state index is 2.74. The molecule has 4 rings (SSSR count). The van der Waals surface area contributed by atoms with Crippen LogP contribution < -0.4 is 24.8 Å². The largest absolute Gasteiger partial charge is 1.00 e. The Balaban J connectivity index is 0.00000150. The summed E-state index contributed by atoms with van der Waals surface area (Å²) >= 11 is -0.125. The van der Waals surface area contributed by atoms with Crippen LogP contribution in [0.4, 0.5) is 0 Å². The Morgan fingerprint density at radius 2 is 1.07 bits per heavy atom. The molecule has 0 saturated carbocycles. The van der Waals surface area contributed by atoms with Crippen molar-refractivity contribution in [3.05, 3.63) is 41.4 Å². The monoisotopic (exact) mass is 500 g/mol. The van der Waals surface area contributed by atoms with Crippen molar-refractivity contribution in [1.82, 2.24) is 0 Å². The van der Waals surface area contributed by atoms with Gasteiger partial charge in [0, 0.05) is 0 Å². The third-order valence-corrected chi connectivity index (χ3v) is 23.2. The van der Waals surface area contributed by atoms with Crippen LogP contribution >= 0.6 is 0 Å². The summed E-state index contributed by atoms with van der Waals surface area (Å²) in [6.45, 7) is 9.87. The van der Waals surface area contributed by atoms with E-state index in [1.54, 1.807) is 24.2 Å². The van der Waals surface area contributed by atoms with E-state index in [2.05, 4.69) is 39.8 Å². The summed E-state index contributed by atoms with van der Waals surface area (Å²) in [6.07, 6.45) is 13.8. The van der Waals surface area contributed by atoms with Gasteiger partial charge in [-0.15, -0.1) is 0 Å². The van der Waals surface area contributed by atoms with Crippen molar-refractivity contribution in [1.29, 1.82) is 0 Å². The molecule has 0 spiro atoms. The first kappa shape index (κ1) is 25.9. The molecule has 2 saturated heterocycles. The van der Waals surface area contributed by atoms with Crippen LogP contribution in [-0.2, 0) is 19.2 Å². The Morgan fingerprint density at radius 1 is 0.690 bits per heavy atom. The van der Waals surface area contributed by atoms with Gasteiger partial charge in [-0.3, -0.25) is 0 Å². The van der Waals surface area contributed by atoms with Gasteiger partial charge in [-0.2, -0.15) is 0 Å². The fourth-order valence-electron chi connectivity index (χ4n) is 6.12. The normalized spacial score (nSPS) is 24.0. The van der Waals surface area contributed by atoms with Gasteiger partial charge in [0.05, 0.1) is 0 Å². The third-order valence-electron chi connectivity index (χ3n) is 8.57. The van der Waals surface area contributed by atoms with Crippen LogP contribution in [0.15, 0.2) is 41.4 Å². The first-order chi connectivity index (χ1) is 13.1. The van der Waals surface area contributed by atoms with Crippen molar-refractivity contribution in [3.8, 4) is 0 Å². The average Bonchev–Trinajstić information content (AvgIpc) is 3.20. The molecular weight excluding hydrogens is 463 g/mol. The fraction of sp³-hybridized carbons (Fsp3) is 0.667. The van der Waals surface area contributed by atoms with E-state index in [1.807, 2.05) is 29.3 Å². The van der Waals surface area contributed by atoms with Crippen LogP contribution in [0, 0.1) is 0 Å². The molecule has 2 aliphatic carbocycles. The van der Waals surface area contributed by atoms with Crippen LogP contribution in [0.5, 0.6) is 0 Å². The van der Waals surface area contributed by atoms with Gasteiger partial charge in [-0.05, 0) is 0 Å². The van der Waals surface area contributed by atoms with E-state index in [0.717, 1.165) is 0 Å². The third kappa shape index (κ3) is 4.33. The Bertz CT molecular complexity index is 667. The minimum Gasteiger partial charge on any atom is -1.00 e. The number of hydrogen-bond acceptors (Lipinski definition) is 0. The fourth-order valence-corrected chi connectivity index (χ4v) is 19.8. The van der Waals surface area contributed by atoms with Crippen molar-refractivity contribution in [2.45, 2.75) is 102 Å². The number of halogens is 2. The molecule has 0 radical (unpaired) electrons. The van der Waals surface area contributed by atoms with Crippen molar-refractivity contribution in [2.24, 2.45) is 0 Å². The zero-order valence-corrected chi connectivity index (χ0v) is 24.0. The first-order valence-electron chi connectivity index (χ1n) is 11.8. The van der Waals surface area contributed by atoms with Gasteiger partial charge < -0.3 is 24.8 Å². The SMILES string of the molecule is CCC1=[C]([Ti+2][C]2=C(CC)CC=C2[Si]2(CC)CCC2)C([Si]2(CC)CCC2)=CC1.[Cl-].[Cl-]. The van der Waals surface area contributed by atoms with Crippen molar-refractivity contribution in [3.63, 3.8) is 0 Å². The van der Waals surface area contributed by atoms with E-state index in [1.165, 1.54) is 50.6 Å². The number of allylic oxidation sites excluding steroid dienone is 8. The van der Waals surface area contributed by atoms with E-state index in [0.29, 0.717) is 0 Å². The summed E-state index contributed by atoms with van der Waals surface area (Å²) in [6, 6.07) is 9.38. The molecule has 160 valence electrons. The standard InChI is InChI=1S/2C12H19Si.2ClH.Ti/c2*1-3-11-6-7-12(10-11)13(4-2)8-5-9-13;;;/h2*7H,3-6,8-9H2,1-2H3;2*1H;/q;;;;+2/p-2. The average molecular weight is 502 g/mol. The van der Waals surface area contributed by atoms with Gasteiger partial charge in [0.1, 0.15) is 0 Å². The van der Waals surface area contributed by atoms with Crippen molar-refractivity contribution in [2.75, 3.05) is 0 Å². The summed E-state index contributed by atoms with van der Waals surface area (Å²) in [5.41, 5.74) is 3.71. The van der Waals surface area contributed by atoms with Crippen LogP contribution in [0.25, 0.3) is 0 Å². The van der Waals surface area contributed by atoms with E-state index in [9.17, 15) is 0 Å². The summed E-state index contributed by atoms with van der Waals surface area (Å²) in [4.78, 5) is 0. The van der Waals surface area contributed by atoms with Gasteiger partial charge in [-0.25, -0.2) is 0 Å². The summed E-state index contributed by atoms with van der Waals surface area (Å²) in [5, 5.41) is 3.98. The molecule has 0 bridgehead atoms. The topological polar surface area (TPSA) is 0 Å². The Morgan fingerprint density at radius 3 is 1.31 bits per heavy atom. The van der Waals surface area contributed by atoms with Gasteiger partial charge in [0.15, 0.2) is 0 Å². The molecule has 4 aliphatic rings. The van der Waals surface area contributed by atoms with Crippen molar-refractivity contribution < 1.29 is 44.0 Å². The molecule has 5 heteroatoms. The second-order valence-corrected chi connectivity index (χ2v) is 21.0. The maximum Gasteiger partial charge on any atom is -1.00 e. The van der Waals surface area contributed by atoms with E-state index in [-0.39, 0.29) is 44.0 Å². The second kappa shape index (κ2) is 10.5. The molecule has 0 atom stereocenters. The van der Waals surface area contributed by atoms with Crippen LogP contribution in [0.2, 0.25) is 36.3 Å². The van der Waals surface area contributed by atoms with Gasteiger partial charge >= 0.3 is 179 Å². The summed E-state index contributed by atoms with van der Waals surface area (Å²) in [5.74, 6) is 0. The molecule has 2 heterocycles. The zero-order chi connectivity index (χ0) is 19.1. The Kier molecular flexibility index (Phi) is 9.43. The van der Waals surface area contributed by atoms with Crippen LogP contribution in [-0.4, -0.2) is 16.1 Å². The minimum absolute atomic E-state index is 0. The minimum atomic E-state index is -1.08. The molecule has 0 N–H and O–H groups in total. The van der Waals surface area contributed by atoms with Crippen LogP contribution in [0.1, 0.15) is 66.2 Å². The first-order valence-corrected chi connectivity index (χ1v) is 18.6. The van der Waals surface area contributed by atoms with Crippen LogP contribution in [0.3, 0.4) is 0 Å². The number of rotatable bonds is 8. The molecule has 0 aromatic heterocycles. The summed E-state index contributed by atoms with van der Waals surface area (Å²) in [7, 11) is -2.15. The summed E-state index contributed by atoms with van der Waals surface area (Å²) < 4.78 is 3.97. The Hall–Kier alpha value is 0.688. The van der Waals surface area contributed by atoms with Crippen molar-refractivity contribution >= 4 is 16.1 Å². The maximum absolute atomic E-state index is 2.74. The quantitative estimate of drug-likeness (QED) is 0.446. The zero-order valence-electron chi connectivity index (χ0n) is 18.9. The predicted molar refractivity (Wildman–Crippen MR) is 121 cm³/mol. The van der Waals surface area contributed by atoms with E-state index in [4.69, 9.17) is 0 Å². The van der Waals surface area contributed by atoms with Gasteiger partial charge in [0.2, 0.25) is 0 Å². The molecule has 2 fully saturated rings. The smallest absolute Gasteiger partial charge is 1.00 e. The molecule has 0 aromatic carbocycles. The molecule has 0 aromatic rings. The molecule has 2 aliphatic heterocycles. The second-order valence-electron chi connectivity index (χ2n) is 9.41. The molecule has 0 amide bonds. The predicted octanol–water partition coefficient (Wildman–Crippen LogP) is 1.89.